The number of hydrogen-bond acceptors (Lipinski definition) is 5. The highest BCUT2D eigenvalue weighted by Gasteiger charge is 2.42. The molecule has 0 unspecified atom stereocenters. The lowest BCUT2D eigenvalue weighted by molar-refractivity contribution is -0.0529. The van der Waals surface area contributed by atoms with Crippen LogP contribution in [-0.4, -0.2) is 28.9 Å². The number of hydrogen-bond donors (Lipinski definition) is 1. The van der Waals surface area contributed by atoms with E-state index in [4.69, 9.17) is 15.2 Å². The molecule has 6 nitrogen and oxygen atoms in total. The first-order valence-corrected chi connectivity index (χ1v) is 6.11. The van der Waals surface area contributed by atoms with E-state index in [1.54, 1.807) is 19.4 Å². The molecule has 0 radical (unpaired) electrons. The topological polar surface area (TPSA) is 79.4 Å². The molecule has 100 valence electrons. The second-order valence-corrected chi connectivity index (χ2v) is 4.58. The molecule has 6 heteroatoms. The number of nitrogens with zero attached hydrogens (tertiary/aromatic N) is 2. The van der Waals surface area contributed by atoms with E-state index < -0.39 is 11.9 Å². The van der Waals surface area contributed by atoms with Crippen molar-refractivity contribution in [2.75, 3.05) is 12.8 Å². The molecule has 0 amide bonds. The number of ether oxygens (including phenoxy) is 2. The Kier molecular flexibility index (Phi) is 3.68. The maximum Gasteiger partial charge on any atom is 0.351 e. The maximum absolute atomic E-state index is 11.8. The van der Waals surface area contributed by atoms with Crippen LogP contribution in [0.1, 0.15) is 26.5 Å². The van der Waals surface area contributed by atoms with Crippen molar-refractivity contribution < 1.29 is 9.47 Å². The molecule has 1 aromatic rings. The van der Waals surface area contributed by atoms with Crippen LogP contribution in [0.25, 0.3) is 0 Å². The van der Waals surface area contributed by atoms with Crippen LogP contribution in [0.15, 0.2) is 17.1 Å². The summed E-state index contributed by atoms with van der Waals surface area (Å²) in [5.74, 6) is 0.442. The van der Waals surface area contributed by atoms with Gasteiger partial charge in [0, 0.05) is 19.2 Å². The van der Waals surface area contributed by atoms with Gasteiger partial charge in [0.2, 0.25) is 0 Å². The molecule has 0 aliphatic carbocycles. The summed E-state index contributed by atoms with van der Waals surface area (Å²) in [6.45, 7) is 4.12. The van der Waals surface area contributed by atoms with Crippen LogP contribution in [-0.2, 0) is 9.47 Å². The lowest BCUT2D eigenvalue weighted by Crippen LogP contribution is -2.34. The predicted molar refractivity (Wildman–Crippen MR) is 67.1 cm³/mol. The van der Waals surface area contributed by atoms with Gasteiger partial charge in [-0.2, -0.15) is 4.98 Å². The van der Waals surface area contributed by atoms with Crippen molar-refractivity contribution in [3.63, 3.8) is 0 Å². The maximum atomic E-state index is 11.8. The lowest BCUT2D eigenvalue weighted by atomic mass is 9.98. The minimum atomic E-state index is -0.435. The molecule has 2 rings (SSSR count). The number of methoxy groups -OCH3 is 1. The molecule has 18 heavy (non-hydrogen) atoms. The van der Waals surface area contributed by atoms with Gasteiger partial charge in [0.25, 0.3) is 0 Å². The average Bonchev–Trinajstić information content (AvgIpc) is 2.65. The molecule has 1 aliphatic rings. The summed E-state index contributed by atoms with van der Waals surface area (Å²) in [6.07, 6.45) is 1.99. The third-order valence-corrected chi connectivity index (χ3v) is 3.50. The first kappa shape index (κ1) is 13.0. The fraction of sp³-hybridized carbons (Fsp3) is 0.667. The molecule has 4 atom stereocenters. The Bertz CT molecular complexity index is 474. The van der Waals surface area contributed by atoms with Crippen molar-refractivity contribution in [1.82, 2.24) is 9.55 Å². The molecule has 0 aromatic carbocycles. The van der Waals surface area contributed by atoms with E-state index in [9.17, 15) is 4.79 Å². The van der Waals surface area contributed by atoms with Gasteiger partial charge in [-0.15, -0.1) is 0 Å². The minimum Gasteiger partial charge on any atom is -0.383 e. The number of nitrogens with two attached hydrogens (primary N) is 1. The van der Waals surface area contributed by atoms with Crippen molar-refractivity contribution in [3.05, 3.63) is 22.7 Å². The first-order valence-electron chi connectivity index (χ1n) is 6.11. The second-order valence-electron chi connectivity index (χ2n) is 4.58. The summed E-state index contributed by atoms with van der Waals surface area (Å²) >= 11 is 0. The fourth-order valence-corrected chi connectivity index (χ4v) is 2.49. The van der Waals surface area contributed by atoms with Crippen LogP contribution in [0, 0.1) is 5.92 Å². The van der Waals surface area contributed by atoms with Crippen molar-refractivity contribution in [1.29, 1.82) is 0 Å². The Morgan fingerprint density at radius 3 is 2.89 bits per heavy atom. The Hall–Kier alpha value is -1.40. The number of rotatable bonds is 3. The van der Waals surface area contributed by atoms with E-state index in [1.165, 1.54) is 4.57 Å². The third-order valence-electron chi connectivity index (χ3n) is 3.50. The largest absolute Gasteiger partial charge is 0.383 e. The first-order chi connectivity index (χ1) is 8.58. The molecule has 1 aromatic heterocycles. The third kappa shape index (κ3) is 2.13. The minimum absolute atomic E-state index is 0.0874. The highest BCUT2D eigenvalue weighted by atomic mass is 16.6. The van der Waals surface area contributed by atoms with Gasteiger partial charge < -0.3 is 15.2 Å². The molecule has 1 fully saturated rings. The number of anilines is 1. The molecule has 1 aliphatic heterocycles. The van der Waals surface area contributed by atoms with E-state index in [0.717, 1.165) is 6.42 Å². The van der Waals surface area contributed by atoms with Crippen molar-refractivity contribution in [2.45, 2.75) is 38.7 Å². The van der Waals surface area contributed by atoms with Crippen LogP contribution < -0.4 is 11.4 Å². The highest BCUT2D eigenvalue weighted by Crippen LogP contribution is 2.36. The van der Waals surface area contributed by atoms with E-state index in [-0.39, 0.29) is 23.9 Å². The summed E-state index contributed by atoms with van der Waals surface area (Å²) in [5, 5.41) is 0. The Labute approximate surface area is 106 Å². The van der Waals surface area contributed by atoms with Gasteiger partial charge in [-0.25, -0.2) is 4.79 Å². The summed E-state index contributed by atoms with van der Waals surface area (Å²) in [4.78, 5) is 15.5. The molecular formula is C12H19N3O3. The molecule has 0 bridgehead atoms. The van der Waals surface area contributed by atoms with E-state index in [0.29, 0.717) is 0 Å². The quantitative estimate of drug-likeness (QED) is 0.861. The predicted octanol–water partition coefficient (Wildman–Crippen LogP) is 0.784. The average molecular weight is 253 g/mol. The Balaban J connectivity index is 2.35. The van der Waals surface area contributed by atoms with Gasteiger partial charge in [-0.1, -0.05) is 13.8 Å². The Morgan fingerprint density at radius 2 is 2.33 bits per heavy atom. The summed E-state index contributed by atoms with van der Waals surface area (Å²) in [7, 11) is 1.63. The van der Waals surface area contributed by atoms with Crippen LogP contribution in [0.4, 0.5) is 5.82 Å². The number of aromatic nitrogens is 2. The molecule has 1 saturated heterocycles. The van der Waals surface area contributed by atoms with Gasteiger partial charge in [0.1, 0.15) is 11.9 Å². The van der Waals surface area contributed by atoms with Crippen LogP contribution in [0.3, 0.4) is 0 Å². The molecule has 0 spiro atoms. The van der Waals surface area contributed by atoms with Crippen LogP contribution >= 0.6 is 0 Å². The van der Waals surface area contributed by atoms with Crippen LogP contribution in [0.2, 0.25) is 0 Å². The van der Waals surface area contributed by atoms with Crippen LogP contribution in [0.5, 0.6) is 0 Å². The van der Waals surface area contributed by atoms with Crippen molar-refractivity contribution >= 4 is 5.82 Å². The SMILES string of the molecule is CC[C@H]1O[C@@H](n2ccc(N)nc2=O)[C@H](OC)[C@@H]1C. The zero-order valence-electron chi connectivity index (χ0n) is 10.9. The molecule has 2 heterocycles. The summed E-state index contributed by atoms with van der Waals surface area (Å²) in [5.41, 5.74) is 5.07. The van der Waals surface area contributed by atoms with Gasteiger partial charge >= 0.3 is 5.69 Å². The monoisotopic (exact) mass is 253 g/mol. The van der Waals surface area contributed by atoms with Gasteiger partial charge in [0.15, 0.2) is 6.23 Å². The number of nitrogen functional groups attached to an aromatic ring is 1. The molecule has 0 saturated carbocycles. The van der Waals surface area contributed by atoms with E-state index >= 15 is 0 Å². The summed E-state index contributed by atoms with van der Waals surface area (Å²) < 4.78 is 12.8. The molecular weight excluding hydrogens is 234 g/mol. The lowest BCUT2D eigenvalue weighted by Gasteiger charge is -2.20. The normalized spacial score (nSPS) is 31.7. The highest BCUT2D eigenvalue weighted by molar-refractivity contribution is 5.23. The fourth-order valence-electron chi connectivity index (χ4n) is 2.49. The second kappa shape index (κ2) is 5.07. The Morgan fingerprint density at radius 1 is 1.61 bits per heavy atom. The zero-order chi connectivity index (χ0) is 13.3. The standard InChI is InChI=1S/C12H19N3O3/c1-4-8-7(2)10(17-3)11(18-8)15-6-5-9(13)14-12(15)16/h5-8,10-11H,4H2,1-3H3,(H2,13,14,16)/t7-,8-,10-,11-/m1/s1. The van der Waals surface area contributed by atoms with E-state index in [1.807, 2.05) is 0 Å². The molecule has 2 N–H and O–H groups in total. The zero-order valence-corrected chi connectivity index (χ0v) is 10.9. The van der Waals surface area contributed by atoms with Crippen molar-refractivity contribution in [3.8, 4) is 0 Å². The van der Waals surface area contributed by atoms with Gasteiger partial charge in [0.05, 0.1) is 6.10 Å². The smallest absolute Gasteiger partial charge is 0.351 e. The summed E-state index contributed by atoms with van der Waals surface area (Å²) in [6, 6.07) is 1.58. The van der Waals surface area contributed by atoms with E-state index in [2.05, 4.69) is 18.8 Å². The van der Waals surface area contributed by atoms with Gasteiger partial charge in [-0.05, 0) is 12.5 Å². The van der Waals surface area contributed by atoms with Crippen molar-refractivity contribution in [2.24, 2.45) is 5.92 Å². The van der Waals surface area contributed by atoms with Gasteiger partial charge in [-0.3, -0.25) is 4.57 Å².